The molecule has 1 saturated heterocycles. The van der Waals surface area contributed by atoms with E-state index in [1.807, 2.05) is 0 Å². The highest BCUT2D eigenvalue weighted by molar-refractivity contribution is 5.54. The maximum Gasteiger partial charge on any atom is 0.406 e. The zero-order chi connectivity index (χ0) is 11.0. The number of nitro groups is 1. The van der Waals surface area contributed by atoms with E-state index in [4.69, 9.17) is 0 Å². The van der Waals surface area contributed by atoms with E-state index in [2.05, 4.69) is 15.6 Å². The third kappa shape index (κ3) is 1.65. The number of nitrogens with zero attached hydrogens (tertiary/aromatic N) is 3. The molecule has 15 heavy (non-hydrogen) atoms. The Kier molecular flexibility index (Phi) is 2.31. The monoisotopic (exact) mass is 211 g/mol. The van der Waals surface area contributed by atoms with Crippen molar-refractivity contribution >= 4 is 11.6 Å². The molecule has 1 aromatic heterocycles. The van der Waals surface area contributed by atoms with Crippen LogP contribution in [0.15, 0.2) is 0 Å². The zero-order valence-corrected chi connectivity index (χ0v) is 8.65. The van der Waals surface area contributed by atoms with E-state index in [9.17, 15) is 10.1 Å². The fraction of sp³-hybridized carbons (Fsp3) is 0.625. The summed E-state index contributed by atoms with van der Waals surface area (Å²) in [6.45, 7) is 3.42. The van der Waals surface area contributed by atoms with Gasteiger partial charge in [-0.1, -0.05) is 0 Å². The number of aromatic nitrogens is 2. The van der Waals surface area contributed by atoms with Gasteiger partial charge in [0.1, 0.15) is 0 Å². The predicted molar refractivity (Wildman–Crippen MR) is 54.9 cm³/mol. The van der Waals surface area contributed by atoms with Gasteiger partial charge in [-0.15, -0.1) is 0 Å². The Hall–Kier alpha value is -1.63. The molecule has 1 aliphatic rings. The van der Waals surface area contributed by atoms with Gasteiger partial charge in [0.2, 0.25) is 11.6 Å². The first kappa shape index (κ1) is 9.91. The average Bonchev–Trinajstić information content (AvgIpc) is 2.38. The predicted octanol–water partition coefficient (Wildman–Crippen LogP) is 0.0204. The highest BCUT2D eigenvalue weighted by atomic mass is 16.6. The van der Waals surface area contributed by atoms with Crippen molar-refractivity contribution in [3.05, 3.63) is 15.9 Å². The number of aryl methyl sites for hydroxylation is 1. The number of anilines is 1. The van der Waals surface area contributed by atoms with Crippen LogP contribution in [-0.4, -0.2) is 33.6 Å². The summed E-state index contributed by atoms with van der Waals surface area (Å²) in [7, 11) is 1.77. The van der Waals surface area contributed by atoms with E-state index < -0.39 is 4.92 Å². The Bertz CT molecular complexity index is 396. The molecule has 0 bridgehead atoms. The molecule has 0 radical (unpaired) electrons. The fourth-order valence-electron chi connectivity index (χ4n) is 1.47. The first-order valence-electron chi connectivity index (χ1n) is 4.74. The van der Waals surface area contributed by atoms with Crippen LogP contribution in [0.25, 0.3) is 0 Å². The molecule has 2 heterocycles. The molecule has 0 aliphatic carbocycles. The second-order valence-corrected chi connectivity index (χ2v) is 3.65. The summed E-state index contributed by atoms with van der Waals surface area (Å²) in [5.74, 6) is 1.03. The molecule has 0 unspecified atom stereocenters. The molecule has 82 valence electrons. The molecule has 0 amide bonds. The Morgan fingerprint density at radius 1 is 1.67 bits per heavy atom. The number of nitrogens with one attached hydrogen (secondary N) is 2. The third-order valence-corrected chi connectivity index (χ3v) is 2.60. The minimum atomic E-state index is -0.457. The zero-order valence-electron chi connectivity index (χ0n) is 8.65. The Labute approximate surface area is 86.6 Å². The maximum atomic E-state index is 10.7. The second kappa shape index (κ2) is 3.50. The topological polar surface area (TPSA) is 85.0 Å². The Balaban J connectivity index is 2.29. The number of imidazole rings is 1. The van der Waals surface area contributed by atoms with Crippen LogP contribution in [0.1, 0.15) is 5.82 Å². The maximum absolute atomic E-state index is 10.7. The molecule has 1 fully saturated rings. The quantitative estimate of drug-likeness (QED) is 0.544. The number of hydrogen-bond acceptors (Lipinski definition) is 5. The van der Waals surface area contributed by atoms with Gasteiger partial charge in [-0.25, -0.2) is 0 Å². The van der Waals surface area contributed by atoms with Gasteiger partial charge >= 0.3 is 5.82 Å². The van der Waals surface area contributed by atoms with Gasteiger partial charge in [-0.3, -0.25) is 4.57 Å². The van der Waals surface area contributed by atoms with Crippen LogP contribution in [0.2, 0.25) is 0 Å². The van der Waals surface area contributed by atoms with Crippen LogP contribution in [-0.2, 0) is 7.05 Å². The average molecular weight is 211 g/mol. The first-order chi connectivity index (χ1) is 7.09. The van der Waals surface area contributed by atoms with Crippen LogP contribution in [0.4, 0.5) is 11.6 Å². The molecule has 0 spiro atoms. The van der Waals surface area contributed by atoms with Crippen molar-refractivity contribution in [1.29, 1.82) is 0 Å². The molecule has 0 aromatic carbocycles. The molecular formula is C8H13N5O2. The molecule has 7 nitrogen and oxygen atoms in total. The van der Waals surface area contributed by atoms with Gasteiger partial charge in [0.15, 0.2) is 0 Å². The lowest BCUT2D eigenvalue weighted by Crippen LogP contribution is -2.51. The normalized spacial score (nSPS) is 16.1. The van der Waals surface area contributed by atoms with Crippen LogP contribution in [0.3, 0.4) is 0 Å². The van der Waals surface area contributed by atoms with Crippen molar-refractivity contribution in [2.45, 2.75) is 13.0 Å². The Morgan fingerprint density at radius 2 is 2.33 bits per heavy atom. The smallest absolute Gasteiger partial charge is 0.359 e. The summed E-state index contributed by atoms with van der Waals surface area (Å²) in [6.07, 6.45) is 0. The van der Waals surface area contributed by atoms with E-state index in [0.717, 1.165) is 13.1 Å². The summed E-state index contributed by atoms with van der Waals surface area (Å²) in [4.78, 5) is 14.2. The summed E-state index contributed by atoms with van der Waals surface area (Å²) < 4.78 is 1.70. The van der Waals surface area contributed by atoms with Crippen LogP contribution >= 0.6 is 0 Å². The number of rotatable bonds is 3. The van der Waals surface area contributed by atoms with Crippen LogP contribution in [0.5, 0.6) is 0 Å². The van der Waals surface area contributed by atoms with Gasteiger partial charge in [0, 0.05) is 27.1 Å². The molecule has 7 heteroatoms. The minimum absolute atomic E-state index is 0.0955. The van der Waals surface area contributed by atoms with E-state index in [-0.39, 0.29) is 11.9 Å². The lowest BCUT2D eigenvalue weighted by atomic mass is 10.2. The van der Waals surface area contributed by atoms with E-state index in [0.29, 0.717) is 11.6 Å². The van der Waals surface area contributed by atoms with E-state index in [1.54, 1.807) is 18.5 Å². The van der Waals surface area contributed by atoms with Gasteiger partial charge in [0.05, 0.1) is 6.04 Å². The molecule has 1 aromatic rings. The SMILES string of the molecule is Cc1nc([N+](=O)[O-])c(NC2CNC2)n1C. The standard InChI is InChI=1S/C8H13N5O2/c1-5-10-8(13(14)15)7(12(5)2)11-6-3-9-4-6/h6,9,11H,3-4H2,1-2H3. The minimum Gasteiger partial charge on any atom is -0.359 e. The van der Waals surface area contributed by atoms with Crippen molar-refractivity contribution in [2.75, 3.05) is 18.4 Å². The largest absolute Gasteiger partial charge is 0.406 e. The fourth-order valence-corrected chi connectivity index (χ4v) is 1.47. The molecule has 0 atom stereocenters. The van der Waals surface area contributed by atoms with Crippen molar-refractivity contribution in [3.8, 4) is 0 Å². The van der Waals surface area contributed by atoms with Gasteiger partial charge in [-0.05, 0) is 9.91 Å². The first-order valence-corrected chi connectivity index (χ1v) is 4.74. The summed E-state index contributed by atoms with van der Waals surface area (Å²) in [5.41, 5.74) is 0. The molecule has 2 N–H and O–H groups in total. The molecule has 0 saturated carbocycles. The van der Waals surface area contributed by atoms with E-state index >= 15 is 0 Å². The van der Waals surface area contributed by atoms with Gasteiger partial charge in [-0.2, -0.15) is 0 Å². The molecule has 1 aliphatic heterocycles. The highest BCUT2D eigenvalue weighted by Gasteiger charge is 2.27. The van der Waals surface area contributed by atoms with Gasteiger partial charge < -0.3 is 20.7 Å². The summed E-state index contributed by atoms with van der Waals surface area (Å²) in [6, 6.07) is 0.262. The lowest BCUT2D eigenvalue weighted by Gasteiger charge is -2.28. The summed E-state index contributed by atoms with van der Waals surface area (Å²) >= 11 is 0. The summed E-state index contributed by atoms with van der Waals surface area (Å²) in [5, 5.41) is 17.0. The second-order valence-electron chi connectivity index (χ2n) is 3.65. The molecule has 2 rings (SSSR count). The van der Waals surface area contributed by atoms with Gasteiger partial charge in [0.25, 0.3) is 0 Å². The third-order valence-electron chi connectivity index (χ3n) is 2.60. The lowest BCUT2D eigenvalue weighted by molar-refractivity contribution is -0.388. The van der Waals surface area contributed by atoms with Crippen molar-refractivity contribution in [2.24, 2.45) is 7.05 Å². The van der Waals surface area contributed by atoms with Crippen LogP contribution < -0.4 is 10.6 Å². The molecular weight excluding hydrogens is 198 g/mol. The number of hydrogen-bond donors (Lipinski definition) is 2. The highest BCUT2D eigenvalue weighted by Crippen LogP contribution is 2.24. The van der Waals surface area contributed by atoms with Crippen molar-refractivity contribution < 1.29 is 4.92 Å². The van der Waals surface area contributed by atoms with Crippen LogP contribution in [0, 0.1) is 17.0 Å². The van der Waals surface area contributed by atoms with E-state index in [1.165, 1.54) is 0 Å². The van der Waals surface area contributed by atoms with Crippen molar-refractivity contribution in [3.63, 3.8) is 0 Å². The van der Waals surface area contributed by atoms with Crippen molar-refractivity contribution in [1.82, 2.24) is 14.9 Å². The Morgan fingerprint density at radius 3 is 2.80 bits per heavy atom.